The van der Waals surface area contributed by atoms with Crippen LogP contribution in [0.2, 0.25) is 0 Å². The van der Waals surface area contributed by atoms with Gasteiger partial charge >= 0.3 is 6.03 Å². The summed E-state index contributed by atoms with van der Waals surface area (Å²) in [7, 11) is -3.57. The van der Waals surface area contributed by atoms with Crippen LogP contribution in [-0.2, 0) is 14.6 Å². The van der Waals surface area contributed by atoms with Crippen molar-refractivity contribution in [2.75, 3.05) is 30.0 Å². The lowest BCUT2D eigenvalue weighted by Crippen LogP contribution is -2.44. The first-order valence-corrected chi connectivity index (χ1v) is 13.7. The smallest absolute Gasteiger partial charge is 0.321 e. The minimum Gasteiger partial charge on any atom is -0.337 e. The summed E-state index contributed by atoms with van der Waals surface area (Å²) in [6.07, 6.45) is 1.73. The molecule has 0 spiro atoms. The van der Waals surface area contributed by atoms with Crippen molar-refractivity contribution < 1.29 is 26.8 Å². The Bertz CT molecular complexity index is 1250. The quantitative estimate of drug-likeness (QED) is 0.270. The number of sulfone groups is 1. The molecule has 0 bridgehead atoms. The minimum atomic E-state index is -3.57. The fourth-order valence-electron chi connectivity index (χ4n) is 3.40. The Morgan fingerprint density at radius 2 is 1.76 bits per heavy atom. The van der Waals surface area contributed by atoms with Crippen LogP contribution in [0.4, 0.5) is 25.0 Å². The average Bonchev–Trinajstić information content (AvgIpc) is 2.80. The lowest BCUT2D eigenvalue weighted by atomic mass is 9.92. The maximum atomic E-state index is 14.2. The highest BCUT2D eigenvalue weighted by Crippen LogP contribution is 2.24. The van der Waals surface area contributed by atoms with Crippen LogP contribution in [0.15, 0.2) is 49.0 Å². The molecule has 13 heteroatoms. The number of urea groups is 1. The van der Waals surface area contributed by atoms with Crippen molar-refractivity contribution >= 4 is 77.7 Å². The third kappa shape index (κ3) is 6.50. The summed E-state index contributed by atoms with van der Waals surface area (Å²) >= 11 is 4.81. The Morgan fingerprint density at radius 1 is 1.09 bits per heavy atom. The van der Waals surface area contributed by atoms with Gasteiger partial charge in [-0.25, -0.2) is 22.0 Å². The first-order chi connectivity index (χ1) is 16.0. The predicted octanol–water partition coefficient (Wildman–Crippen LogP) is 4.80. The zero-order valence-corrected chi connectivity index (χ0v) is 22.4. The lowest BCUT2D eigenvalue weighted by Gasteiger charge is -2.31. The number of anilines is 2. The van der Waals surface area contributed by atoms with Crippen LogP contribution in [0.3, 0.4) is 0 Å². The number of piperidine rings is 1. The summed E-state index contributed by atoms with van der Waals surface area (Å²) in [6, 6.07) is 6.97. The molecule has 1 aliphatic heterocycles. The Balaban J connectivity index is 1.58. The topological polar surface area (TPSA) is 108 Å². The van der Waals surface area contributed by atoms with Crippen molar-refractivity contribution in [2.24, 2.45) is 9.12 Å². The van der Waals surface area contributed by atoms with Crippen molar-refractivity contribution in [3.05, 3.63) is 52.5 Å². The number of nitrogens with zero attached hydrogens (tertiary/aromatic N) is 2. The van der Waals surface area contributed by atoms with Gasteiger partial charge in [0.1, 0.15) is 11.6 Å². The Morgan fingerprint density at radius 3 is 2.32 bits per heavy atom. The molecule has 2 amide bonds. The second-order valence-corrected chi connectivity index (χ2v) is 11.0. The molecule has 0 aromatic heterocycles. The molecule has 2 N–H and O–H groups in total. The third-order valence-electron chi connectivity index (χ3n) is 5.26. The molecular weight excluding hydrogens is 649 g/mol. The second-order valence-electron chi connectivity index (χ2n) is 7.66. The van der Waals surface area contributed by atoms with E-state index in [9.17, 15) is 26.8 Å². The molecule has 2 aromatic carbocycles. The van der Waals surface area contributed by atoms with Gasteiger partial charge in [-0.3, -0.25) is 4.79 Å². The molecule has 0 unspecified atom stereocenters. The van der Waals surface area contributed by atoms with Gasteiger partial charge in [-0.2, -0.15) is 3.21 Å². The predicted molar refractivity (Wildman–Crippen MR) is 137 cm³/mol. The lowest BCUT2D eigenvalue weighted by molar-refractivity contribution is -0.117. The summed E-state index contributed by atoms with van der Waals surface area (Å²) in [5, 5.41) is 5.34. The number of rotatable bonds is 5. The van der Waals surface area contributed by atoms with E-state index >= 15 is 0 Å². The highest BCUT2D eigenvalue weighted by molar-refractivity contribution is 14.1. The van der Waals surface area contributed by atoms with E-state index in [0.29, 0.717) is 18.5 Å². The maximum absolute atomic E-state index is 14.2. The molecule has 1 fully saturated rings. The van der Waals surface area contributed by atoms with Gasteiger partial charge < -0.3 is 15.5 Å². The summed E-state index contributed by atoms with van der Waals surface area (Å²) in [5.74, 6) is -1.77. The highest BCUT2D eigenvalue weighted by Gasteiger charge is 2.30. The van der Waals surface area contributed by atoms with E-state index in [1.54, 1.807) is 22.9 Å². The van der Waals surface area contributed by atoms with Crippen LogP contribution in [0.1, 0.15) is 12.8 Å². The van der Waals surface area contributed by atoms with Crippen molar-refractivity contribution in [1.29, 1.82) is 0 Å². The first kappa shape index (κ1) is 26.5. The number of carbonyl (C=O) groups is 2. The summed E-state index contributed by atoms with van der Waals surface area (Å²) in [5.41, 5.74) is 0.363. The van der Waals surface area contributed by atoms with Gasteiger partial charge in [-0.05, 0) is 65.2 Å². The van der Waals surface area contributed by atoms with Gasteiger partial charge in [0.25, 0.3) is 0 Å². The van der Waals surface area contributed by atoms with Crippen molar-refractivity contribution in [2.45, 2.75) is 17.7 Å². The second kappa shape index (κ2) is 11.1. The number of nitrogens with one attached hydrogen (secondary N) is 2. The average molecular weight is 669 g/mol. The zero-order valence-electron chi connectivity index (χ0n) is 17.8. The molecule has 0 aliphatic carbocycles. The van der Waals surface area contributed by atoms with Gasteiger partial charge in [0, 0.05) is 31.0 Å². The molecule has 1 saturated heterocycles. The van der Waals surface area contributed by atoms with Crippen molar-refractivity contribution in [3.8, 4) is 0 Å². The van der Waals surface area contributed by atoms with Crippen LogP contribution in [-0.4, -0.2) is 50.3 Å². The maximum Gasteiger partial charge on any atom is 0.321 e. The van der Waals surface area contributed by atoms with Crippen LogP contribution < -0.4 is 10.6 Å². The van der Waals surface area contributed by atoms with E-state index in [4.69, 9.17) is 0 Å². The van der Waals surface area contributed by atoms with Gasteiger partial charge in [-0.1, -0.05) is 0 Å². The number of amides is 2. The van der Waals surface area contributed by atoms with Gasteiger partial charge in [0.15, 0.2) is 15.7 Å². The van der Waals surface area contributed by atoms with Gasteiger partial charge in [0.2, 0.25) is 5.78 Å². The molecule has 34 heavy (non-hydrogen) atoms. The number of ketones is 1. The van der Waals surface area contributed by atoms with Crippen LogP contribution in [0.25, 0.3) is 0 Å². The molecular formula is C21H20BrF2IN4O4S. The minimum absolute atomic E-state index is 0.120. The number of carbonyl (C=O) groups excluding carboxylic acids is 2. The normalized spacial score (nSPS) is 15.2. The Hall–Kier alpha value is -2.13. The molecule has 0 saturated carbocycles. The van der Waals surface area contributed by atoms with Crippen LogP contribution in [0.5, 0.6) is 0 Å². The van der Waals surface area contributed by atoms with Crippen LogP contribution in [0, 0.1) is 17.6 Å². The van der Waals surface area contributed by atoms with Gasteiger partial charge in [-0.15, -0.1) is 0 Å². The van der Waals surface area contributed by atoms with Crippen LogP contribution >= 0.6 is 38.8 Å². The molecule has 8 nitrogen and oxygen atoms in total. The van der Waals surface area contributed by atoms with E-state index in [0.717, 1.165) is 12.3 Å². The summed E-state index contributed by atoms with van der Waals surface area (Å²) in [4.78, 5) is 26.7. The standard InChI is InChI=1S/C21H20BrF2IN4O4S/c1-34(32,33)14-3-5-18(17(24)11-14)27-21(31)29-8-6-12(7-9-29)19(30)20(28-25)26-13-2-4-16(23)15(22)10-13/h2-5,10-12H,6-9H2,1H3,(H,26,28)(H,27,31). The van der Waals surface area contributed by atoms with E-state index in [-0.39, 0.29) is 45.7 Å². The molecule has 0 atom stereocenters. The number of benzene rings is 2. The SMILES string of the molecule is CS(=O)(=O)c1ccc(NC(=O)N2CCC(C(=O)/C(=N/I)Nc3ccc(F)c(Br)c3)CC2)c(F)c1. The Labute approximate surface area is 217 Å². The number of hydrogen-bond donors (Lipinski definition) is 2. The van der Waals surface area contributed by atoms with Crippen molar-refractivity contribution in [1.82, 2.24) is 4.90 Å². The number of Topliss-reactive ketones (excluding diaryl/α,β-unsaturated/α-hetero) is 1. The van der Waals surface area contributed by atoms with E-state index < -0.39 is 27.5 Å². The Kier molecular flexibility index (Phi) is 8.62. The fourth-order valence-corrected chi connectivity index (χ4v) is 4.77. The summed E-state index contributed by atoms with van der Waals surface area (Å²) < 4.78 is 55.0. The third-order valence-corrected chi connectivity index (χ3v) is 7.46. The largest absolute Gasteiger partial charge is 0.337 e. The molecule has 2 aromatic rings. The molecule has 0 radical (unpaired) electrons. The number of amidine groups is 1. The van der Waals surface area contributed by atoms with Gasteiger partial charge in [0.05, 0.1) is 37.9 Å². The van der Waals surface area contributed by atoms with E-state index in [1.165, 1.54) is 35.2 Å². The van der Waals surface area contributed by atoms with Crippen molar-refractivity contribution in [3.63, 3.8) is 0 Å². The molecule has 3 rings (SSSR count). The van der Waals surface area contributed by atoms with E-state index in [2.05, 4.69) is 29.8 Å². The zero-order chi connectivity index (χ0) is 25.0. The monoisotopic (exact) mass is 668 g/mol. The number of halogens is 4. The number of hydrogen-bond acceptors (Lipinski definition) is 5. The molecule has 1 heterocycles. The van der Waals surface area contributed by atoms with E-state index in [1.807, 2.05) is 0 Å². The molecule has 1 aliphatic rings. The summed E-state index contributed by atoms with van der Waals surface area (Å²) in [6.45, 7) is 0.532. The highest BCUT2D eigenvalue weighted by atomic mass is 127. The first-order valence-electron chi connectivity index (χ1n) is 10.0. The fraction of sp³-hybridized carbons (Fsp3) is 0.286. The number of likely N-dealkylation sites (tertiary alicyclic amines) is 1. The molecule has 182 valence electrons.